The molecule has 1 aromatic carbocycles. The van der Waals surface area contributed by atoms with Crippen molar-refractivity contribution in [3.8, 4) is 5.88 Å². The second-order valence-electron chi connectivity index (χ2n) is 5.07. The largest absolute Gasteiger partial charge is 0.473 e. The maximum Gasteiger partial charge on any atom is 0.218 e. The third kappa shape index (κ3) is 5.30. The molecule has 0 saturated heterocycles. The van der Waals surface area contributed by atoms with Crippen LogP contribution in [-0.4, -0.2) is 11.0 Å². The number of hydrogen-bond donors (Lipinski definition) is 1. The van der Waals surface area contributed by atoms with E-state index in [4.69, 9.17) is 16.3 Å². The summed E-state index contributed by atoms with van der Waals surface area (Å²) in [6.45, 7) is 5.38. The Kier molecular flexibility index (Phi) is 6.03. The zero-order chi connectivity index (χ0) is 15.2. The highest BCUT2D eigenvalue weighted by molar-refractivity contribution is 9.10. The average Bonchev–Trinajstić information content (AvgIpc) is 2.44. The van der Waals surface area contributed by atoms with E-state index in [1.54, 1.807) is 6.20 Å². The van der Waals surface area contributed by atoms with Crippen molar-refractivity contribution in [2.75, 3.05) is 0 Å². The van der Waals surface area contributed by atoms with Crippen molar-refractivity contribution in [1.29, 1.82) is 0 Å². The zero-order valence-electron chi connectivity index (χ0n) is 12.1. The molecule has 0 aliphatic heterocycles. The fourth-order valence-electron chi connectivity index (χ4n) is 1.82. The minimum absolute atomic E-state index is 0.407. The van der Waals surface area contributed by atoms with Gasteiger partial charge in [0, 0.05) is 33.8 Å². The summed E-state index contributed by atoms with van der Waals surface area (Å²) >= 11 is 9.42. The monoisotopic (exact) mass is 368 g/mol. The summed E-state index contributed by atoms with van der Waals surface area (Å²) in [5.74, 6) is 0.645. The standard InChI is InChI=1S/C16H18BrClN2O/c1-11(2)19-8-13-7-14(17)9-20-16(13)21-10-12-4-3-5-15(18)6-12/h3-7,9,11,19H,8,10H2,1-2H3. The van der Waals surface area contributed by atoms with Crippen LogP contribution in [0, 0.1) is 0 Å². The van der Waals surface area contributed by atoms with Gasteiger partial charge in [-0.15, -0.1) is 0 Å². The molecule has 0 amide bonds. The molecule has 1 aromatic heterocycles. The molecule has 21 heavy (non-hydrogen) atoms. The Balaban J connectivity index is 2.08. The molecule has 112 valence electrons. The Bertz CT molecular complexity index is 605. The molecular formula is C16H18BrClN2O. The Labute approximate surface area is 138 Å². The van der Waals surface area contributed by atoms with Gasteiger partial charge in [0.25, 0.3) is 0 Å². The van der Waals surface area contributed by atoms with Crippen LogP contribution in [0.2, 0.25) is 5.02 Å². The molecule has 1 heterocycles. The second-order valence-corrected chi connectivity index (χ2v) is 6.42. The number of nitrogens with zero attached hydrogens (tertiary/aromatic N) is 1. The lowest BCUT2D eigenvalue weighted by atomic mass is 10.2. The Hall–Kier alpha value is -1.10. The van der Waals surface area contributed by atoms with E-state index in [9.17, 15) is 0 Å². The van der Waals surface area contributed by atoms with E-state index < -0.39 is 0 Å². The molecular weight excluding hydrogens is 352 g/mol. The molecule has 1 N–H and O–H groups in total. The van der Waals surface area contributed by atoms with E-state index in [1.807, 2.05) is 30.3 Å². The first kappa shape index (κ1) is 16.3. The van der Waals surface area contributed by atoms with Gasteiger partial charge < -0.3 is 10.1 Å². The maximum absolute atomic E-state index is 5.98. The Morgan fingerprint density at radius 1 is 1.33 bits per heavy atom. The molecule has 0 unspecified atom stereocenters. The van der Waals surface area contributed by atoms with Crippen LogP contribution in [0.1, 0.15) is 25.0 Å². The number of rotatable bonds is 6. The Morgan fingerprint density at radius 3 is 2.86 bits per heavy atom. The fourth-order valence-corrected chi connectivity index (χ4v) is 2.41. The first-order valence-electron chi connectivity index (χ1n) is 6.79. The summed E-state index contributed by atoms with van der Waals surface area (Å²) in [6.07, 6.45) is 1.74. The molecule has 0 bridgehead atoms. The van der Waals surface area contributed by atoms with Crippen molar-refractivity contribution in [1.82, 2.24) is 10.3 Å². The van der Waals surface area contributed by atoms with E-state index in [0.29, 0.717) is 23.6 Å². The van der Waals surface area contributed by atoms with Crippen LogP contribution in [0.25, 0.3) is 0 Å². The van der Waals surface area contributed by atoms with Gasteiger partial charge in [-0.1, -0.05) is 37.6 Å². The highest BCUT2D eigenvalue weighted by Crippen LogP contribution is 2.21. The van der Waals surface area contributed by atoms with Gasteiger partial charge in [0.1, 0.15) is 6.61 Å². The SMILES string of the molecule is CC(C)NCc1cc(Br)cnc1OCc1cccc(Cl)c1. The summed E-state index contributed by atoms with van der Waals surface area (Å²) < 4.78 is 6.78. The van der Waals surface area contributed by atoms with Crippen molar-refractivity contribution >= 4 is 27.5 Å². The van der Waals surface area contributed by atoms with Gasteiger partial charge in [-0.05, 0) is 39.7 Å². The Morgan fingerprint density at radius 2 is 2.14 bits per heavy atom. The molecule has 0 aliphatic rings. The van der Waals surface area contributed by atoms with Gasteiger partial charge in [0.2, 0.25) is 5.88 Å². The first-order chi connectivity index (χ1) is 10.0. The molecule has 0 radical (unpaired) electrons. The number of aromatic nitrogens is 1. The summed E-state index contributed by atoms with van der Waals surface area (Å²) in [5, 5.41) is 4.08. The van der Waals surface area contributed by atoms with Gasteiger partial charge in [0.15, 0.2) is 0 Å². The van der Waals surface area contributed by atoms with Gasteiger partial charge >= 0.3 is 0 Å². The van der Waals surface area contributed by atoms with Crippen molar-refractivity contribution in [2.45, 2.75) is 33.0 Å². The third-order valence-corrected chi connectivity index (χ3v) is 3.53. The smallest absolute Gasteiger partial charge is 0.218 e. The van der Waals surface area contributed by atoms with E-state index in [2.05, 4.69) is 40.1 Å². The number of pyridine rings is 1. The second kappa shape index (κ2) is 7.78. The number of benzene rings is 1. The summed E-state index contributed by atoms with van der Waals surface area (Å²) in [6, 6.07) is 10.1. The summed E-state index contributed by atoms with van der Waals surface area (Å²) in [4.78, 5) is 4.35. The van der Waals surface area contributed by atoms with Gasteiger partial charge in [-0.2, -0.15) is 0 Å². The van der Waals surface area contributed by atoms with E-state index in [0.717, 1.165) is 22.1 Å². The highest BCUT2D eigenvalue weighted by Gasteiger charge is 2.08. The van der Waals surface area contributed by atoms with E-state index >= 15 is 0 Å². The quantitative estimate of drug-likeness (QED) is 0.809. The predicted molar refractivity (Wildman–Crippen MR) is 89.7 cm³/mol. The van der Waals surface area contributed by atoms with Crippen LogP contribution in [-0.2, 0) is 13.2 Å². The van der Waals surface area contributed by atoms with Crippen molar-refractivity contribution < 1.29 is 4.74 Å². The highest BCUT2D eigenvalue weighted by atomic mass is 79.9. The third-order valence-electron chi connectivity index (χ3n) is 2.86. The normalized spacial score (nSPS) is 10.9. The molecule has 0 fully saturated rings. The van der Waals surface area contributed by atoms with Crippen LogP contribution < -0.4 is 10.1 Å². The van der Waals surface area contributed by atoms with Crippen LogP contribution in [0.4, 0.5) is 0 Å². The molecule has 2 rings (SSSR count). The van der Waals surface area contributed by atoms with E-state index in [-0.39, 0.29) is 0 Å². The molecule has 3 nitrogen and oxygen atoms in total. The average molecular weight is 370 g/mol. The van der Waals surface area contributed by atoms with Crippen LogP contribution in [0.5, 0.6) is 5.88 Å². The number of hydrogen-bond acceptors (Lipinski definition) is 3. The lowest BCUT2D eigenvalue weighted by molar-refractivity contribution is 0.289. The molecule has 0 aliphatic carbocycles. The van der Waals surface area contributed by atoms with Crippen molar-refractivity contribution in [2.24, 2.45) is 0 Å². The first-order valence-corrected chi connectivity index (χ1v) is 7.96. The molecule has 2 aromatic rings. The topological polar surface area (TPSA) is 34.2 Å². The van der Waals surface area contributed by atoms with Gasteiger partial charge in [-0.25, -0.2) is 4.98 Å². The number of halogens is 2. The van der Waals surface area contributed by atoms with Gasteiger partial charge in [-0.3, -0.25) is 0 Å². The van der Waals surface area contributed by atoms with Gasteiger partial charge in [0.05, 0.1) is 0 Å². The molecule has 0 spiro atoms. The number of ether oxygens (including phenoxy) is 1. The summed E-state index contributed by atoms with van der Waals surface area (Å²) in [7, 11) is 0. The van der Waals surface area contributed by atoms with Crippen LogP contribution in [0.3, 0.4) is 0 Å². The van der Waals surface area contributed by atoms with E-state index in [1.165, 1.54) is 0 Å². The zero-order valence-corrected chi connectivity index (χ0v) is 14.4. The minimum Gasteiger partial charge on any atom is -0.473 e. The predicted octanol–water partition coefficient (Wildman–Crippen LogP) is 4.57. The molecule has 0 atom stereocenters. The lowest BCUT2D eigenvalue weighted by Crippen LogP contribution is -2.22. The van der Waals surface area contributed by atoms with Crippen molar-refractivity contribution in [3.05, 3.63) is 57.2 Å². The lowest BCUT2D eigenvalue weighted by Gasteiger charge is -2.13. The number of nitrogens with one attached hydrogen (secondary N) is 1. The van der Waals surface area contributed by atoms with Crippen LogP contribution >= 0.6 is 27.5 Å². The van der Waals surface area contributed by atoms with Crippen LogP contribution in [0.15, 0.2) is 41.0 Å². The molecule has 0 saturated carbocycles. The summed E-state index contributed by atoms with van der Waals surface area (Å²) in [5.41, 5.74) is 2.05. The maximum atomic E-state index is 5.98. The van der Waals surface area contributed by atoms with Crippen molar-refractivity contribution in [3.63, 3.8) is 0 Å². The minimum atomic E-state index is 0.407. The molecule has 5 heteroatoms. The fraction of sp³-hybridized carbons (Fsp3) is 0.312.